The van der Waals surface area contributed by atoms with Crippen LogP contribution >= 0.6 is 0 Å². The molecule has 0 aliphatic heterocycles. The molecule has 0 unspecified atom stereocenters. The number of carbonyl (C=O) groups excluding carboxylic acids is 1. The lowest BCUT2D eigenvalue weighted by atomic mass is 10.0. The third-order valence-corrected chi connectivity index (χ3v) is 10.5. The maximum Gasteiger partial charge on any atom is 0.259 e. The second-order valence-corrected chi connectivity index (χ2v) is 15.2. The summed E-state index contributed by atoms with van der Waals surface area (Å²) < 4.78 is 0. The van der Waals surface area contributed by atoms with Crippen molar-refractivity contribution in [1.29, 1.82) is 0 Å². The van der Waals surface area contributed by atoms with Crippen molar-refractivity contribution in [1.82, 2.24) is 0 Å². The number of aryl methyl sites for hydroxylation is 4. The summed E-state index contributed by atoms with van der Waals surface area (Å²) in [4.78, 5) is 19.2. The van der Waals surface area contributed by atoms with Gasteiger partial charge in [0, 0.05) is 22.0 Å². The molecule has 0 spiro atoms. The summed E-state index contributed by atoms with van der Waals surface area (Å²) in [7, 11) is 0. The second kappa shape index (κ2) is 18.1. The molecule has 62 heavy (non-hydrogen) atoms. The number of phenolic OH excluding ortho intramolecular Hbond substituents is 2. The van der Waals surface area contributed by atoms with Crippen molar-refractivity contribution in [2.45, 2.75) is 34.3 Å². The SMILES string of the molecule is Cc1ccc(NOCc2cc3ccccc3c(N=Nc3ccc(C=Cc4ccc(N=Nc5c(O)c(C(=O)Nc6ccc(C)cc6C)cc6ccccc56)cc4)cc3)c2O)c(C)c1. The van der Waals surface area contributed by atoms with E-state index < -0.39 is 5.91 Å². The Balaban J connectivity index is 0.936. The van der Waals surface area contributed by atoms with Crippen molar-refractivity contribution >= 4 is 73.7 Å². The molecule has 306 valence electrons. The minimum Gasteiger partial charge on any atom is -0.505 e. The van der Waals surface area contributed by atoms with E-state index in [2.05, 4.69) is 37.3 Å². The van der Waals surface area contributed by atoms with Crippen molar-refractivity contribution in [2.24, 2.45) is 20.5 Å². The highest BCUT2D eigenvalue weighted by molar-refractivity contribution is 6.12. The van der Waals surface area contributed by atoms with E-state index >= 15 is 0 Å². The molecule has 8 rings (SSSR count). The Morgan fingerprint density at radius 3 is 1.61 bits per heavy atom. The van der Waals surface area contributed by atoms with E-state index in [1.54, 1.807) is 6.07 Å². The van der Waals surface area contributed by atoms with Crippen LogP contribution in [0.4, 0.5) is 34.1 Å². The van der Waals surface area contributed by atoms with Gasteiger partial charge in [-0.15, -0.1) is 10.2 Å². The van der Waals surface area contributed by atoms with Gasteiger partial charge in [0.25, 0.3) is 5.91 Å². The summed E-state index contributed by atoms with van der Waals surface area (Å²) in [6.07, 6.45) is 3.98. The highest BCUT2D eigenvalue weighted by Gasteiger charge is 2.19. The number of azo groups is 2. The third-order valence-electron chi connectivity index (χ3n) is 10.5. The van der Waals surface area contributed by atoms with E-state index in [1.807, 2.05) is 173 Å². The van der Waals surface area contributed by atoms with Crippen molar-refractivity contribution in [3.05, 3.63) is 190 Å². The molecule has 0 saturated heterocycles. The molecule has 4 N–H and O–H groups in total. The maximum absolute atomic E-state index is 13.4. The van der Waals surface area contributed by atoms with Crippen LogP contribution in [0.15, 0.2) is 166 Å². The standard InChI is InChI=1S/C52H44N6O4/c1-32-13-25-46(34(3)27-32)53-52(61)45-30-39-10-6-8-12-44(39)49(51(45)60)57-55-42-23-19-37(20-24-42)16-15-36-17-21-41(22-18-36)54-56-48-43-11-7-5-9-38(43)29-40(50(48)59)31-62-58-47-26-14-33(2)28-35(47)4/h5-30,58-60H,31H2,1-4H3,(H,53,61). The number of hydrogen-bond donors (Lipinski definition) is 4. The molecule has 8 aromatic carbocycles. The minimum absolute atomic E-state index is 0.0106. The van der Waals surface area contributed by atoms with Gasteiger partial charge in [-0.25, -0.2) is 0 Å². The third kappa shape index (κ3) is 9.26. The average Bonchev–Trinajstić information content (AvgIpc) is 3.27. The lowest BCUT2D eigenvalue weighted by molar-refractivity contribution is 0.102. The number of nitrogens with zero attached hydrogens (tertiary/aromatic N) is 4. The normalized spacial score (nSPS) is 11.7. The monoisotopic (exact) mass is 816 g/mol. The van der Waals surface area contributed by atoms with Gasteiger partial charge >= 0.3 is 0 Å². The second-order valence-electron chi connectivity index (χ2n) is 15.2. The van der Waals surface area contributed by atoms with E-state index in [0.29, 0.717) is 33.7 Å². The van der Waals surface area contributed by atoms with Crippen molar-refractivity contribution in [3.8, 4) is 11.5 Å². The maximum atomic E-state index is 13.4. The van der Waals surface area contributed by atoms with E-state index in [-0.39, 0.29) is 29.4 Å². The predicted molar refractivity (Wildman–Crippen MR) is 250 cm³/mol. The fourth-order valence-corrected chi connectivity index (χ4v) is 7.15. The van der Waals surface area contributed by atoms with E-state index in [9.17, 15) is 15.0 Å². The highest BCUT2D eigenvalue weighted by Crippen LogP contribution is 2.41. The fourth-order valence-electron chi connectivity index (χ4n) is 7.15. The van der Waals surface area contributed by atoms with Gasteiger partial charge in [-0.05, 0) is 109 Å². The molecular weight excluding hydrogens is 773 g/mol. The minimum atomic E-state index is -0.438. The molecule has 0 aliphatic rings. The number of rotatable bonds is 12. The zero-order valence-electron chi connectivity index (χ0n) is 34.7. The van der Waals surface area contributed by atoms with Crippen LogP contribution in [0.25, 0.3) is 33.7 Å². The summed E-state index contributed by atoms with van der Waals surface area (Å²) in [6, 6.07) is 45.7. The number of amides is 1. The zero-order chi connectivity index (χ0) is 43.2. The van der Waals surface area contributed by atoms with Gasteiger partial charge < -0.3 is 15.5 Å². The van der Waals surface area contributed by atoms with Crippen molar-refractivity contribution in [3.63, 3.8) is 0 Å². The Bertz CT molecular complexity index is 3050. The first-order valence-electron chi connectivity index (χ1n) is 20.1. The molecular formula is C52H44N6O4. The first-order valence-corrected chi connectivity index (χ1v) is 20.1. The summed E-state index contributed by atoms with van der Waals surface area (Å²) in [5.74, 6) is -0.673. The molecule has 0 saturated carbocycles. The Hall–Kier alpha value is -7.95. The zero-order valence-corrected chi connectivity index (χ0v) is 34.7. The molecule has 0 heterocycles. The summed E-state index contributed by atoms with van der Waals surface area (Å²) in [6.45, 7) is 8.10. The van der Waals surface area contributed by atoms with Crippen LogP contribution in [0.3, 0.4) is 0 Å². The summed E-state index contributed by atoms with van der Waals surface area (Å²) >= 11 is 0. The smallest absolute Gasteiger partial charge is 0.259 e. The summed E-state index contributed by atoms with van der Waals surface area (Å²) in [5, 5.41) is 46.5. The van der Waals surface area contributed by atoms with Crippen molar-refractivity contribution < 1.29 is 19.8 Å². The van der Waals surface area contributed by atoms with E-state index in [4.69, 9.17) is 4.84 Å². The lowest BCUT2D eigenvalue weighted by Crippen LogP contribution is -2.13. The number of carbonyl (C=O) groups is 1. The number of nitrogens with one attached hydrogen (secondary N) is 2. The molecule has 0 radical (unpaired) electrons. The van der Waals surface area contributed by atoms with Crippen LogP contribution in [-0.2, 0) is 11.4 Å². The quantitative estimate of drug-likeness (QED) is 0.0552. The largest absolute Gasteiger partial charge is 0.505 e. The van der Waals surface area contributed by atoms with Gasteiger partial charge in [-0.1, -0.05) is 120 Å². The van der Waals surface area contributed by atoms with Crippen LogP contribution in [0.2, 0.25) is 0 Å². The van der Waals surface area contributed by atoms with Crippen LogP contribution in [0.1, 0.15) is 49.3 Å². The molecule has 10 nitrogen and oxygen atoms in total. The van der Waals surface area contributed by atoms with Gasteiger partial charge in [-0.2, -0.15) is 10.2 Å². The van der Waals surface area contributed by atoms with Gasteiger partial charge in [0.1, 0.15) is 23.7 Å². The molecule has 0 atom stereocenters. The molecule has 0 fully saturated rings. The Morgan fingerprint density at radius 2 is 1.06 bits per heavy atom. The molecule has 0 aromatic heterocycles. The van der Waals surface area contributed by atoms with E-state index in [1.165, 1.54) is 5.56 Å². The number of anilines is 2. The lowest BCUT2D eigenvalue weighted by Gasteiger charge is -2.13. The highest BCUT2D eigenvalue weighted by atomic mass is 16.6. The van der Waals surface area contributed by atoms with Gasteiger partial charge in [0.05, 0.1) is 22.6 Å². The van der Waals surface area contributed by atoms with Crippen LogP contribution in [-0.4, -0.2) is 16.1 Å². The van der Waals surface area contributed by atoms with Crippen molar-refractivity contribution in [2.75, 3.05) is 10.8 Å². The molecule has 8 aromatic rings. The number of fused-ring (bicyclic) bond motifs is 2. The first-order chi connectivity index (χ1) is 30.1. The summed E-state index contributed by atoms with van der Waals surface area (Å²) in [5.41, 5.74) is 13.2. The first kappa shape index (κ1) is 40.8. The van der Waals surface area contributed by atoms with E-state index in [0.717, 1.165) is 49.7 Å². The number of phenols is 2. The fraction of sp³-hybridized carbons (Fsp3) is 0.0962. The molecule has 10 heteroatoms. The topological polar surface area (TPSA) is 140 Å². The number of benzene rings is 8. The number of aromatic hydroxyl groups is 2. The van der Waals surface area contributed by atoms with Gasteiger partial charge in [-0.3, -0.25) is 15.1 Å². The van der Waals surface area contributed by atoms with Crippen LogP contribution < -0.4 is 10.8 Å². The van der Waals surface area contributed by atoms with Crippen LogP contribution in [0.5, 0.6) is 11.5 Å². The Labute approximate surface area is 359 Å². The van der Waals surface area contributed by atoms with Gasteiger partial charge in [0.15, 0.2) is 5.75 Å². The molecule has 0 aliphatic carbocycles. The van der Waals surface area contributed by atoms with Gasteiger partial charge in [0.2, 0.25) is 0 Å². The predicted octanol–water partition coefficient (Wildman–Crippen LogP) is 14.4. The molecule has 0 bridgehead atoms. The Kier molecular flexibility index (Phi) is 11.9. The van der Waals surface area contributed by atoms with Crippen LogP contribution in [0, 0.1) is 27.7 Å². The number of hydrogen-bond acceptors (Lipinski definition) is 9. The average molecular weight is 817 g/mol. The molecule has 1 amide bonds. The Morgan fingerprint density at radius 1 is 0.565 bits per heavy atom.